The summed E-state index contributed by atoms with van der Waals surface area (Å²) in [5, 5.41) is 9.74. The lowest BCUT2D eigenvalue weighted by atomic mass is 9.95. The number of fused-ring (bicyclic) bond motifs is 7. The summed E-state index contributed by atoms with van der Waals surface area (Å²) >= 11 is 0. The predicted octanol–water partition coefficient (Wildman–Crippen LogP) is 15.5. The first-order valence-electron chi connectivity index (χ1n) is 19.2. The number of anilines is 3. The monoisotopic (exact) mass is 713 g/mol. The molecule has 0 aliphatic heterocycles. The molecule has 0 bridgehead atoms. The van der Waals surface area contributed by atoms with E-state index in [0.717, 1.165) is 44.6 Å². The highest BCUT2D eigenvalue weighted by Crippen LogP contribution is 2.47. The Bertz CT molecular complexity index is 3240. The highest BCUT2D eigenvalue weighted by atomic mass is 16.3. The lowest BCUT2D eigenvalue weighted by Crippen LogP contribution is -2.11. The molecule has 10 aromatic carbocycles. The van der Waals surface area contributed by atoms with Crippen molar-refractivity contribution in [2.45, 2.75) is 0 Å². The van der Waals surface area contributed by atoms with Crippen molar-refractivity contribution in [3.8, 4) is 33.4 Å². The van der Waals surface area contributed by atoms with Gasteiger partial charge in [0.05, 0.1) is 16.8 Å². The van der Waals surface area contributed by atoms with Gasteiger partial charge < -0.3 is 9.32 Å². The van der Waals surface area contributed by atoms with E-state index in [1.165, 1.54) is 60.1 Å². The molecule has 0 saturated carbocycles. The van der Waals surface area contributed by atoms with Gasteiger partial charge in [0.15, 0.2) is 0 Å². The molecule has 0 spiro atoms. The number of rotatable bonds is 6. The molecule has 262 valence electrons. The predicted molar refractivity (Wildman–Crippen MR) is 237 cm³/mol. The van der Waals surface area contributed by atoms with Crippen molar-refractivity contribution in [2.75, 3.05) is 4.90 Å². The van der Waals surface area contributed by atoms with Gasteiger partial charge in [0, 0.05) is 16.6 Å². The van der Waals surface area contributed by atoms with Crippen LogP contribution >= 0.6 is 0 Å². The highest BCUT2D eigenvalue weighted by Gasteiger charge is 2.22. The van der Waals surface area contributed by atoms with E-state index >= 15 is 0 Å². The van der Waals surface area contributed by atoms with E-state index < -0.39 is 0 Å². The molecule has 0 radical (unpaired) electrons. The molecule has 11 aromatic rings. The van der Waals surface area contributed by atoms with Gasteiger partial charge in [-0.25, -0.2) is 0 Å². The van der Waals surface area contributed by atoms with Crippen molar-refractivity contribution < 1.29 is 4.42 Å². The first kappa shape index (κ1) is 32.0. The third-order valence-corrected chi connectivity index (χ3v) is 11.3. The van der Waals surface area contributed by atoms with Gasteiger partial charge >= 0.3 is 0 Å². The fourth-order valence-electron chi connectivity index (χ4n) is 8.55. The number of para-hydroxylation sites is 2. The first-order chi connectivity index (χ1) is 27.8. The third kappa shape index (κ3) is 5.34. The van der Waals surface area contributed by atoms with Crippen molar-refractivity contribution in [3.63, 3.8) is 0 Å². The fraction of sp³-hybridized carbons (Fsp3) is 0. The SMILES string of the molecule is c1ccc(N(c2ccc(-c3ccc(-c4ccc5ccc6ccccc6c5c4)cc3)cc2)c2cccc3oc4ccccc4c23)c(-c2cccc3ccccc23)c1. The van der Waals surface area contributed by atoms with Crippen LogP contribution in [0, 0.1) is 0 Å². The van der Waals surface area contributed by atoms with E-state index in [-0.39, 0.29) is 0 Å². The maximum Gasteiger partial charge on any atom is 0.137 e. The van der Waals surface area contributed by atoms with Gasteiger partial charge in [-0.05, 0) is 103 Å². The summed E-state index contributed by atoms with van der Waals surface area (Å²) in [6, 6.07) is 76.5. The number of nitrogens with zero attached hydrogens (tertiary/aromatic N) is 1. The van der Waals surface area contributed by atoms with Gasteiger partial charge in [0.2, 0.25) is 0 Å². The fourth-order valence-corrected chi connectivity index (χ4v) is 8.55. The molecule has 2 heteroatoms. The van der Waals surface area contributed by atoms with Crippen LogP contribution in [0.4, 0.5) is 17.1 Å². The van der Waals surface area contributed by atoms with Gasteiger partial charge in [-0.15, -0.1) is 0 Å². The Morgan fingerprint density at radius 1 is 0.304 bits per heavy atom. The lowest BCUT2D eigenvalue weighted by Gasteiger charge is -2.29. The Morgan fingerprint density at radius 3 is 1.61 bits per heavy atom. The zero-order valence-electron chi connectivity index (χ0n) is 30.6. The zero-order valence-corrected chi connectivity index (χ0v) is 30.6. The molecule has 1 aromatic heterocycles. The molecule has 0 unspecified atom stereocenters. The second-order valence-electron chi connectivity index (χ2n) is 14.5. The molecule has 1 heterocycles. The standard InChI is InChI=1S/C54H35NO/c1-3-14-44-39(11-1)13-9-18-46(44)47-16-5-7-19-50(47)55(51-20-10-22-53-54(51)48-17-6-8-21-52(48)56-53)43-33-31-37(32-34-43)36-23-25-38(26-24-36)42-30-29-41-28-27-40-12-2-4-15-45(40)49(41)35-42/h1-35H. The molecule has 0 N–H and O–H groups in total. The summed E-state index contributed by atoms with van der Waals surface area (Å²) in [6.07, 6.45) is 0. The minimum absolute atomic E-state index is 0.868. The molecule has 0 fully saturated rings. The molecule has 0 amide bonds. The zero-order chi connectivity index (χ0) is 37.0. The van der Waals surface area contributed by atoms with Gasteiger partial charge in [0.25, 0.3) is 0 Å². The van der Waals surface area contributed by atoms with Crippen LogP contribution in [-0.4, -0.2) is 0 Å². The van der Waals surface area contributed by atoms with Crippen molar-refractivity contribution >= 4 is 71.3 Å². The van der Waals surface area contributed by atoms with Gasteiger partial charge in [-0.2, -0.15) is 0 Å². The minimum Gasteiger partial charge on any atom is -0.456 e. The molecular weight excluding hydrogens is 679 g/mol. The number of hydrogen-bond donors (Lipinski definition) is 0. The smallest absolute Gasteiger partial charge is 0.137 e. The van der Waals surface area contributed by atoms with Crippen molar-refractivity contribution in [3.05, 3.63) is 212 Å². The van der Waals surface area contributed by atoms with Crippen LogP contribution in [-0.2, 0) is 0 Å². The summed E-state index contributed by atoms with van der Waals surface area (Å²) in [4.78, 5) is 2.40. The molecule has 0 atom stereocenters. The van der Waals surface area contributed by atoms with Gasteiger partial charge in [-0.3, -0.25) is 0 Å². The van der Waals surface area contributed by atoms with E-state index in [1.807, 2.05) is 6.07 Å². The van der Waals surface area contributed by atoms with Gasteiger partial charge in [0.1, 0.15) is 11.2 Å². The van der Waals surface area contributed by atoms with Crippen molar-refractivity contribution in [1.29, 1.82) is 0 Å². The number of hydrogen-bond acceptors (Lipinski definition) is 2. The average molecular weight is 714 g/mol. The Morgan fingerprint density at radius 2 is 0.804 bits per heavy atom. The van der Waals surface area contributed by atoms with E-state index in [2.05, 4.69) is 211 Å². The summed E-state index contributed by atoms with van der Waals surface area (Å²) in [6.45, 7) is 0. The summed E-state index contributed by atoms with van der Waals surface area (Å²) in [5.41, 5.74) is 12.1. The van der Waals surface area contributed by atoms with E-state index in [0.29, 0.717) is 0 Å². The van der Waals surface area contributed by atoms with Crippen LogP contribution in [0.15, 0.2) is 217 Å². The average Bonchev–Trinajstić information content (AvgIpc) is 3.66. The Balaban J connectivity index is 1.02. The van der Waals surface area contributed by atoms with Crippen LogP contribution in [0.2, 0.25) is 0 Å². The van der Waals surface area contributed by atoms with Crippen LogP contribution < -0.4 is 4.90 Å². The summed E-state index contributed by atoms with van der Waals surface area (Å²) in [7, 11) is 0. The second-order valence-corrected chi connectivity index (χ2v) is 14.5. The Hall–Kier alpha value is -7.42. The maximum atomic E-state index is 6.42. The summed E-state index contributed by atoms with van der Waals surface area (Å²) < 4.78 is 6.42. The molecule has 2 nitrogen and oxygen atoms in total. The number of benzene rings is 10. The largest absolute Gasteiger partial charge is 0.456 e. The normalized spacial score (nSPS) is 11.6. The molecule has 0 aliphatic carbocycles. The molecule has 56 heavy (non-hydrogen) atoms. The molecular formula is C54H35NO. The molecule has 11 rings (SSSR count). The van der Waals surface area contributed by atoms with Crippen LogP contribution in [0.25, 0.3) is 87.6 Å². The van der Waals surface area contributed by atoms with E-state index in [4.69, 9.17) is 4.42 Å². The highest BCUT2D eigenvalue weighted by molar-refractivity contribution is 6.14. The van der Waals surface area contributed by atoms with Crippen molar-refractivity contribution in [2.24, 2.45) is 0 Å². The maximum absolute atomic E-state index is 6.42. The Labute approximate surface area is 325 Å². The van der Waals surface area contributed by atoms with Crippen LogP contribution in [0.5, 0.6) is 0 Å². The quantitative estimate of drug-likeness (QED) is 0.160. The molecule has 0 aliphatic rings. The van der Waals surface area contributed by atoms with Crippen LogP contribution in [0.3, 0.4) is 0 Å². The first-order valence-corrected chi connectivity index (χ1v) is 19.2. The molecule has 0 saturated heterocycles. The number of furan rings is 1. The van der Waals surface area contributed by atoms with E-state index in [1.54, 1.807) is 0 Å². The lowest BCUT2D eigenvalue weighted by molar-refractivity contribution is 0.669. The Kier molecular flexibility index (Phi) is 7.53. The van der Waals surface area contributed by atoms with Crippen LogP contribution in [0.1, 0.15) is 0 Å². The van der Waals surface area contributed by atoms with E-state index in [9.17, 15) is 0 Å². The summed E-state index contributed by atoms with van der Waals surface area (Å²) in [5.74, 6) is 0. The minimum atomic E-state index is 0.868. The third-order valence-electron chi connectivity index (χ3n) is 11.3. The second kappa shape index (κ2) is 13.2. The van der Waals surface area contributed by atoms with Crippen molar-refractivity contribution in [1.82, 2.24) is 0 Å². The van der Waals surface area contributed by atoms with Gasteiger partial charge in [-0.1, -0.05) is 170 Å². The topological polar surface area (TPSA) is 16.4 Å².